The highest BCUT2D eigenvalue weighted by molar-refractivity contribution is 5.10. The fourth-order valence-electron chi connectivity index (χ4n) is 1.58. The summed E-state index contributed by atoms with van der Waals surface area (Å²) in [5.41, 5.74) is 3.81. The minimum atomic E-state index is 0.893. The molecule has 0 saturated heterocycles. The van der Waals surface area contributed by atoms with Crippen LogP contribution in [0.5, 0.6) is 0 Å². The average Bonchev–Trinajstić information content (AvgIpc) is 2.66. The number of nitrogens with zero attached hydrogens (tertiary/aromatic N) is 2. The number of aryl methyl sites for hydroxylation is 2. The molecule has 1 N–H and O–H groups in total. The average molecular weight is 221 g/mol. The van der Waals surface area contributed by atoms with Gasteiger partial charge in [-0.25, -0.2) is 0 Å². The number of hydrogen-bond donors (Lipinski definition) is 1. The summed E-state index contributed by atoms with van der Waals surface area (Å²) in [7, 11) is 0. The molecule has 0 radical (unpaired) electrons. The normalized spacial score (nSPS) is 10.5. The number of rotatable bonds is 6. The second-order valence-corrected chi connectivity index (χ2v) is 4.21. The zero-order valence-electron chi connectivity index (χ0n) is 10.9. The molecule has 16 heavy (non-hydrogen) atoms. The summed E-state index contributed by atoms with van der Waals surface area (Å²) in [6, 6.07) is 2.19. The minimum Gasteiger partial charge on any atom is -0.308 e. The van der Waals surface area contributed by atoms with E-state index in [4.69, 9.17) is 0 Å². The SMILES string of the molecule is CCc1cc(CNCC=C(C)C)n(CC)n1. The Morgan fingerprint density at radius 2 is 2.19 bits per heavy atom. The van der Waals surface area contributed by atoms with E-state index in [1.807, 2.05) is 0 Å². The highest BCUT2D eigenvalue weighted by Gasteiger charge is 2.04. The molecular weight excluding hydrogens is 198 g/mol. The summed E-state index contributed by atoms with van der Waals surface area (Å²) < 4.78 is 2.08. The zero-order valence-corrected chi connectivity index (χ0v) is 10.9. The standard InChI is InChI=1S/C13H23N3/c1-5-12-9-13(16(6-2)15-12)10-14-8-7-11(3)4/h7,9,14H,5-6,8,10H2,1-4H3. The van der Waals surface area contributed by atoms with Crippen LogP contribution >= 0.6 is 0 Å². The number of nitrogens with one attached hydrogen (secondary N) is 1. The molecule has 0 atom stereocenters. The fraction of sp³-hybridized carbons (Fsp3) is 0.615. The maximum Gasteiger partial charge on any atom is 0.0625 e. The number of allylic oxidation sites excluding steroid dienone is 1. The van der Waals surface area contributed by atoms with Crippen molar-refractivity contribution in [2.24, 2.45) is 0 Å². The molecule has 0 unspecified atom stereocenters. The van der Waals surface area contributed by atoms with E-state index in [0.29, 0.717) is 0 Å². The largest absolute Gasteiger partial charge is 0.308 e. The highest BCUT2D eigenvalue weighted by atomic mass is 15.3. The minimum absolute atomic E-state index is 0.893. The Kier molecular flexibility index (Phi) is 5.26. The van der Waals surface area contributed by atoms with Crippen LogP contribution < -0.4 is 5.32 Å². The molecular formula is C13H23N3. The van der Waals surface area contributed by atoms with Crippen LogP contribution in [-0.4, -0.2) is 16.3 Å². The summed E-state index contributed by atoms with van der Waals surface area (Å²) in [4.78, 5) is 0. The maximum absolute atomic E-state index is 4.52. The second-order valence-electron chi connectivity index (χ2n) is 4.21. The van der Waals surface area contributed by atoms with Crippen molar-refractivity contribution in [2.45, 2.75) is 47.2 Å². The lowest BCUT2D eigenvalue weighted by Gasteiger charge is -2.04. The third-order valence-corrected chi connectivity index (χ3v) is 2.54. The van der Waals surface area contributed by atoms with Gasteiger partial charge in [-0.2, -0.15) is 5.10 Å². The van der Waals surface area contributed by atoms with E-state index < -0.39 is 0 Å². The van der Waals surface area contributed by atoms with E-state index in [0.717, 1.165) is 26.1 Å². The Balaban J connectivity index is 2.52. The van der Waals surface area contributed by atoms with Gasteiger partial charge in [-0.1, -0.05) is 18.6 Å². The van der Waals surface area contributed by atoms with Gasteiger partial charge in [0.2, 0.25) is 0 Å². The van der Waals surface area contributed by atoms with Crippen LogP contribution in [0.15, 0.2) is 17.7 Å². The third-order valence-electron chi connectivity index (χ3n) is 2.54. The van der Waals surface area contributed by atoms with Crippen LogP contribution in [0.2, 0.25) is 0 Å². The van der Waals surface area contributed by atoms with Gasteiger partial charge < -0.3 is 5.32 Å². The van der Waals surface area contributed by atoms with Crippen molar-refractivity contribution >= 4 is 0 Å². The van der Waals surface area contributed by atoms with Gasteiger partial charge in [0, 0.05) is 19.6 Å². The van der Waals surface area contributed by atoms with Gasteiger partial charge in [-0.3, -0.25) is 4.68 Å². The van der Waals surface area contributed by atoms with Crippen molar-refractivity contribution in [3.05, 3.63) is 29.1 Å². The van der Waals surface area contributed by atoms with E-state index in [-0.39, 0.29) is 0 Å². The van der Waals surface area contributed by atoms with Crippen molar-refractivity contribution in [3.63, 3.8) is 0 Å². The van der Waals surface area contributed by atoms with Gasteiger partial charge in [0.1, 0.15) is 0 Å². The lowest BCUT2D eigenvalue weighted by atomic mass is 10.3. The van der Waals surface area contributed by atoms with Gasteiger partial charge in [0.25, 0.3) is 0 Å². The van der Waals surface area contributed by atoms with Gasteiger partial charge in [-0.05, 0) is 33.3 Å². The first-order chi connectivity index (χ1) is 7.67. The summed E-state index contributed by atoms with van der Waals surface area (Å²) >= 11 is 0. The monoisotopic (exact) mass is 221 g/mol. The van der Waals surface area contributed by atoms with Crippen LogP contribution in [0.25, 0.3) is 0 Å². The molecule has 1 aromatic heterocycles. The van der Waals surface area contributed by atoms with E-state index >= 15 is 0 Å². The smallest absolute Gasteiger partial charge is 0.0625 e. The molecule has 0 aromatic carbocycles. The summed E-state index contributed by atoms with van der Waals surface area (Å²) in [6.07, 6.45) is 3.21. The molecule has 1 heterocycles. The Morgan fingerprint density at radius 1 is 1.44 bits per heavy atom. The van der Waals surface area contributed by atoms with Crippen LogP contribution in [0.4, 0.5) is 0 Å². The van der Waals surface area contributed by atoms with Crippen LogP contribution in [-0.2, 0) is 19.5 Å². The lowest BCUT2D eigenvalue weighted by molar-refractivity contribution is 0.590. The predicted octanol–water partition coefficient (Wildman–Crippen LogP) is 2.52. The van der Waals surface area contributed by atoms with Gasteiger partial charge in [0.05, 0.1) is 11.4 Å². The van der Waals surface area contributed by atoms with Crippen molar-refractivity contribution in [1.82, 2.24) is 15.1 Å². The molecule has 0 saturated carbocycles. The molecule has 0 amide bonds. The Hall–Kier alpha value is -1.09. The van der Waals surface area contributed by atoms with Crippen LogP contribution in [0, 0.1) is 0 Å². The molecule has 0 spiro atoms. The Bertz CT molecular complexity index is 346. The van der Waals surface area contributed by atoms with Crippen molar-refractivity contribution in [3.8, 4) is 0 Å². The van der Waals surface area contributed by atoms with Crippen LogP contribution in [0.1, 0.15) is 39.1 Å². The zero-order chi connectivity index (χ0) is 12.0. The summed E-state index contributed by atoms with van der Waals surface area (Å²) in [5.74, 6) is 0. The van der Waals surface area contributed by atoms with E-state index in [1.54, 1.807) is 0 Å². The topological polar surface area (TPSA) is 29.9 Å². The molecule has 0 bridgehead atoms. The lowest BCUT2D eigenvalue weighted by Crippen LogP contribution is -2.16. The van der Waals surface area contributed by atoms with Gasteiger partial charge in [0.15, 0.2) is 0 Å². The maximum atomic E-state index is 4.52. The van der Waals surface area contributed by atoms with Gasteiger partial charge in [-0.15, -0.1) is 0 Å². The van der Waals surface area contributed by atoms with E-state index in [2.05, 4.69) is 54.9 Å². The molecule has 0 aliphatic rings. The van der Waals surface area contributed by atoms with Crippen LogP contribution in [0.3, 0.4) is 0 Å². The fourth-order valence-corrected chi connectivity index (χ4v) is 1.58. The highest BCUT2D eigenvalue weighted by Crippen LogP contribution is 2.05. The molecule has 90 valence electrons. The molecule has 3 heteroatoms. The van der Waals surface area contributed by atoms with E-state index in [1.165, 1.54) is 17.0 Å². The molecule has 3 nitrogen and oxygen atoms in total. The van der Waals surface area contributed by atoms with Crippen molar-refractivity contribution in [2.75, 3.05) is 6.54 Å². The Labute approximate surface area is 98.5 Å². The van der Waals surface area contributed by atoms with Gasteiger partial charge >= 0.3 is 0 Å². The van der Waals surface area contributed by atoms with Crippen molar-refractivity contribution in [1.29, 1.82) is 0 Å². The first-order valence-corrected chi connectivity index (χ1v) is 6.07. The van der Waals surface area contributed by atoms with E-state index in [9.17, 15) is 0 Å². The number of hydrogen-bond acceptors (Lipinski definition) is 2. The molecule has 0 aliphatic heterocycles. The molecule has 1 rings (SSSR count). The molecule has 0 aliphatic carbocycles. The number of aromatic nitrogens is 2. The first kappa shape index (κ1) is 13.0. The second kappa shape index (κ2) is 6.48. The molecule has 1 aromatic rings. The summed E-state index contributed by atoms with van der Waals surface area (Å²) in [5, 5.41) is 7.93. The molecule has 0 fully saturated rings. The van der Waals surface area contributed by atoms with Crippen molar-refractivity contribution < 1.29 is 0 Å². The third kappa shape index (κ3) is 3.81. The quantitative estimate of drug-likeness (QED) is 0.591. The first-order valence-electron chi connectivity index (χ1n) is 6.07. The Morgan fingerprint density at radius 3 is 2.75 bits per heavy atom. The predicted molar refractivity (Wildman–Crippen MR) is 68.4 cm³/mol. The summed E-state index contributed by atoms with van der Waals surface area (Å²) in [6.45, 7) is 11.3.